The second-order valence-electron chi connectivity index (χ2n) is 4.74. The fourth-order valence-electron chi connectivity index (χ4n) is 2.15. The molecule has 1 N–H and O–H groups in total. The van der Waals surface area contributed by atoms with Crippen molar-refractivity contribution in [3.05, 3.63) is 69.7 Å². The maximum atomic E-state index is 12.1. The molecule has 0 radical (unpaired) electrons. The standard InChI is InChI=1S/C16H13NO4/c1-10-7-12(8-13-14(10)17-16(19)21-13)15(18)20-9-11-5-3-2-4-6-11/h2-8H,9H2,1H3,(H,17,19). The van der Waals surface area contributed by atoms with Crippen LogP contribution in [-0.2, 0) is 11.3 Å². The van der Waals surface area contributed by atoms with E-state index in [0.717, 1.165) is 11.1 Å². The number of H-pyrrole nitrogens is 1. The van der Waals surface area contributed by atoms with E-state index in [1.807, 2.05) is 30.3 Å². The summed E-state index contributed by atoms with van der Waals surface area (Å²) in [5.74, 6) is -0.990. The van der Waals surface area contributed by atoms with E-state index in [-0.39, 0.29) is 6.61 Å². The third-order valence-electron chi connectivity index (χ3n) is 3.18. The van der Waals surface area contributed by atoms with E-state index < -0.39 is 11.7 Å². The van der Waals surface area contributed by atoms with Crippen molar-refractivity contribution in [1.82, 2.24) is 4.98 Å². The Kier molecular flexibility index (Phi) is 3.31. The summed E-state index contributed by atoms with van der Waals surface area (Å²) in [4.78, 5) is 25.8. The molecule has 21 heavy (non-hydrogen) atoms. The lowest BCUT2D eigenvalue weighted by molar-refractivity contribution is 0.0472. The molecular formula is C16H13NO4. The molecule has 0 aliphatic carbocycles. The number of fused-ring (bicyclic) bond motifs is 1. The minimum Gasteiger partial charge on any atom is -0.457 e. The van der Waals surface area contributed by atoms with Crippen LogP contribution in [0.15, 0.2) is 51.7 Å². The molecule has 5 heteroatoms. The third-order valence-corrected chi connectivity index (χ3v) is 3.18. The number of rotatable bonds is 3. The van der Waals surface area contributed by atoms with Crippen LogP contribution in [0.5, 0.6) is 0 Å². The number of oxazole rings is 1. The quantitative estimate of drug-likeness (QED) is 0.750. The summed E-state index contributed by atoms with van der Waals surface area (Å²) in [6.07, 6.45) is 0. The monoisotopic (exact) mass is 283 g/mol. The highest BCUT2D eigenvalue weighted by atomic mass is 16.5. The minimum atomic E-state index is -0.539. The maximum absolute atomic E-state index is 12.1. The summed E-state index contributed by atoms with van der Waals surface area (Å²) in [6.45, 7) is 2.00. The summed E-state index contributed by atoms with van der Waals surface area (Å²) in [7, 11) is 0. The van der Waals surface area contributed by atoms with Gasteiger partial charge in [-0.05, 0) is 30.2 Å². The van der Waals surface area contributed by atoms with E-state index in [4.69, 9.17) is 9.15 Å². The van der Waals surface area contributed by atoms with Gasteiger partial charge in [-0.15, -0.1) is 0 Å². The number of ether oxygens (including phenoxy) is 1. The molecule has 1 heterocycles. The van der Waals surface area contributed by atoms with Crippen LogP contribution in [-0.4, -0.2) is 11.0 Å². The van der Waals surface area contributed by atoms with E-state index in [2.05, 4.69) is 4.98 Å². The fourth-order valence-corrected chi connectivity index (χ4v) is 2.15. The van der Waals surface area contributed by atoms with E-state index in [9.17, 15) is 9.59 Å². The number of carbonyl (C=O) groups is 1. The molecule has 0 aliphatic rings. The van der Waals surface area contributed by atoms with E-state index >= 15 is 0 Å². The lowest BCUT2D eigenvalue weighted by Crippen LogP contribution is -2.05. The van der Waals surface area contributed by atoms with E-state index in [1.165, 1.54) is 6.07 Å². The molecule has 1 aromatic heterocycles. The van der Waals surface area contributed by atoms with Crippen LogP contribution in [0.4, 0.5) is 0 Å². The predicted molar refractivity (Wildman–Crippen MR) is 77.1 cm³/mol. The zero-order valence-electron chi connectivity index (χ0n) is 11.4. The largest absolute Gasteiger partial charge is 0.457 e. The summed E-state index contributed by atoms with van der Waals surface area (Å²) in [5.41, 5.74) is 2.98. The molecule has 0 atom stereocenters. The van der Waals surface area contributed by atoms with E-state index in [1.54, 1.807) is 13.0 Å². The number of aryl methyl sites for hydroxylation is 1. The Balaban J connectivity index is 1.83. The summed E-state index contributed by atoms with van der Waals surface area (Å²) >= 11 is 0. The Morgan fingerprint density at radius 2 is 2.00 bits per heavy atom. The number of esters is 1. The molecule has 0 saturated carbocycles. The Morgan fingerprint density at radius 1 is 1.24 bits per heavy atom. The van der Waals surface area contributed by atoms with Gasteiger partial charge < -0.3 is 9.15 Å². The van der Waals surface area contributed by atoms with Crippen molar-refractivity contribution in [1.29, 1.82) is 0 Å². The number of benzene rings is 2. The van der Waals surface area contributed by atoms with Gasteiger partial charge in [-0.1, -0.05) is 30.3 Å². The fraction of sp³-hybridized carbons (Fsp3) is 0.125. The molecule has 0 spiro atoms. The molecule has 0 aliphatic heterocycles. The zero-order valence-corrected chi connectivity index (χ0v) is 11.4. The molecule has 0 fully saturated rings. The normalized spacial score (nSPS) is 10.7. The molecule has 0 saturated heterocycles. The van der Waals surface area contributed by atoms with Gasteiger partial charge in [0, 0.05) is 0 Å². The molecule has 0 bridgehead atoms. The molecular weight excluding hydrogens is 270 g/mol. The van der Waals surface area contributed by atoms with E-state index in [0.29, 0.717) is 16.7 Å². The van der Waals surface area contributed by atoms with Gasteiger partial charge in [0.2, 0.25) is 0 Å². The van der Waals surface area contributed by atoms with Crippen molar-refractivity contribution in [2.75, 3.05) is 0 Å². The second kappa shape index (κ2) is 5.28. The number of hydrogen-bond acceptors (Lipinski definition) is 4. The molecule has 106 valence electrons. The molecule has 2 aromatic carbocycles. The molecule has 0 amide bonds. The van der Waals surface area contributed by atoms with Gasteiger partial charge >= 0.3 is 11.7 Å². The number of aromatic nitrogens is 1. The maximum Gasteiger partial charge on any atom is 0.417 e. The lowest BCUT2D eigenvalue weighted by atomic mass is 10.1. The van der Waals surface area contributed by atoms with Gasteiger partial charge in [-0.3, -0.25) is 4.98 Å². The van der Waals surface area contributed by atoms with Crippen LogP contribution in [0, 0.1) is 6.92 Å². The van der Waals surface area contributed by atoms with Crippen molar-refractivity contribution in [3.8, 4) is 0 Å². The van der Waals surface area contributed by atoms with Crippen LogP contribution >= 0.6 is 0 Å². The van der Waals surface area contributed by atoms with Crippen molar-refractivity contribution in [2.45, 2.75) is 13.5 Å². The number of aromatic amines is 1. The first kappa shape index (κ1) is 13.2. The van der Waals surface area contributed by atoms with Gasteiger partial charge in [-0.25, -0.2) is 9.59 Å². The summed E-state index contributed by atoms with van der Waals surface area (Å²) in [6, 6.07) is 12.6. The van der Waals surface area contributed by atoms with Gasteiger partial charge in [0.15, 0.2) is 5.58 Å². The smallest absolute Gasteiger partial charge is 0.417 e. The third kappa shape index (κ3) is 2.72. The molecule has 5 nitrogen and oxygen atoms in total. The van der Waals surface area contributed by atoms with Crippen LogP contribution in [0.2, 0.25) is 0 Å². The van der Waals surface area contributed by atoms with Crippen molar-refractivity contribution in [3.63, 3.8) is 0 Å². The molecule has 3 rings (SSSR count). The Morgan fingerprint density at radius 3 is 2.76 bits per heavy atom. The summed E-state index contributed by atoms with van der Waals surface area (Å²) in [5, 5.41) is 0. The van der Waals surface area contributed by atoms with Gasteiger partial charge in [-0.2, -0.15) is 0 Å². The Labute approximate surface area is 120 Å². The van der Waals surface area contributed by atoms with Crippen LogP contribution in [0.1, 0.15) is 21.5 Å². The second-order valence-corrected chi connectivity index (χ2v) is 4.74. The number of carbonyl (C=O) groups excluding carboxylic acids is 1. The zero-order chi connectivity index (χ0) is 14.8. The Hall–Kier alpha value is -2.82. The average molecular weight is 283 g/mol. The van der Waals surface area contributed by atoms with Crippen LogP contribution < -0.4 is 5.76 Å². The minimum absolute atomic E-state index is 0.202. The highest BCUT2D eigenvalue weighted by molar-refractivity contribution is 5.94. The average Bonchev–Trinajstić information content (AvgIpc) is 2.87. The number of nitrogens with one attached hydrogen (secondary N) is 1. The predicted octanol–water partition coefficient (Wildman–Crippen LogP) is 2.79. The number of hydrogen-bond donors (Lipinski definition) is 1. The summed E-state index contributed by atoms with van der Waals surface area (Å²) < 4.78 is 10.2. The first-order valence-corrected chi connectivity index (χ1v) is 6.48. The van der Waals surface area contributed by atoms with Crippen molar-refractivity contribution < 1.29 is 13.9 Å². The molecule has 0 unspecified atom stereocenters. The molecule has 3 aromatic rings. The SMILES string of the molecule is Cc1cc(C(=O)OCc2ccccc2)cc2oc(=O)[nH]c12. The highest BCUT2D eigenvalue weighted by Crippen LogP contribution is 2.18. The van der Waals surface area contributed by atoms with Gasteiger partial charge in [0.1, 0.15) is 6.61 Å². The first-order chi connectivity index (χ1) is 10.1. The lowest BCUT2D eigenvalue weighted by Gasteiger charge is -2.05. The van der Waals surface area contributed by atoms with Gasteiger partial charge in [0.05, 0.1) is 11.1 Å². The highest BCUT2D eigenvalue weighted by Gasteiger charge is 2.13. The topological polar surface area (TPSA) is 72.3 Å². The van der Waals surface area contributed by atoms with Crippen molar-refractivity contribution >= 4 is 17.1 Å². The van der Waals surface area contributed by atoms with Crippen molar-refractivity contribution in [2.24, 2.45) is 0 Å². The van der Waals surface area contributed by atoms with Crippen LogP contribution in [0.3, 0.4) is 0 Å². The van der Waals surface area contributed by atoms with Gasteiger partial charge in [0.25, 0.3) is 0 Å². The van der Waals surface area contributed by atoms with Crippen LogP contribution in [0.25, 0.3) is 11.1 Å². The Bertz CT molecular complexity index is 846. The first-order valence-electron chi connectivity index (χ1n) is 6.48.